The van der Waals surface area contributed by atoms with Gasteiger partial charge in [0.1, 0.15) is 0 Å². The number of carboxylic acids is 1. The van der Waals surface area contributed by atoms with Gasteiger partial charge in [-0.1, -0.05) is 0 Å². The molecule has 9 nitrogen and oxygen atoms in total. The van der Waals surface area contributed by atoms with Gasteiger partial charge in [-0.25, -0.2) is 20.1 Å². The zero-order valence-corrected chi connectivity index (χ0v) is 9.22. The summed E-state index contributed by atoms with van der Waals surface area (Å²) in [6.07, 6.45) is 0. The van der Waals surface area contributed by atoms with Gasteiger partial charge in [-0.2, -0.15) is 5.10 Å². The van der Waals surface area contributed by atoms with E-state index in [1.807, 2.05) is 5.48 Å². The summed E-state index contributed by atoms with van der Waals surface area (Å²) in [5.41, 5.74) is 3.14. The van der Waals surface area contributed by atoms with Crippen molar-refractivity contribution in [2.45, 2.75) is 13.8 Å². The van der Waals surface area contributed by atoms with E-state index in [1.165, 1.54) is 0 Å². The maximum atomic E-state index is 11.1. The Morgan fingerprint density at radius 1 is 1.29 bits per heavy atom. The van der Waals surface area contributed by atoms with Crippen molar-refractivity contribution in [3.63, 3.8) is 0 Å². The predicted octanol–water partition coefficient (Wildman–Crippen LogP) is -0.374. The normalized spacial score (nSPS) is 9.76. The first-order valence-corrected chi connectivity index (χ1v) is 4.57. The van der Waals surface area contributed by atoms with Gasteiger partial charge in [0.2, 0.25) is 0 Å². The number of aromatic nitrogens is 3. The van der Waals surface area contributed by atoms with Gasteiger partial charge in [0, 0.05) is 0 Å². The number of aliphatic carboxylic acids is 1. The summed E-state index contributed by atoms with van der Waals surface area (Å²) in [4.78, 5) is 29.5. The number of aryl methyl sites for hydroxylation is 2. The van der Waals surface area contributed by atoms with Crippen molar-refractivity contribution in [1.82, 2.24) is 20.7 Å². The molecular weight excluding hydrogens is 230 g/mol. The molecule has 0 aromatic carbocycles. The lowest BCUT2D eigenvalue weighted by Gasteiger charge is -2.05. The number of hydroxylamine groups is 1. The minimum absolute atomic E-state index is 0.00419. The Hall–Kier alpha value is -2.29. The van der Waals surface area contributed by atoms with Crippen LogP contribution in [-0.4, -0.2) is 38.9 Å². The number of nitrogens with zero attached hydrogens (tertiary/aromatic N) is 3. The molecule has 1 aromatic rings. The minimum atomic E-state index is -1.20. The molecule has 0 aliphatic rings. The Kier molecular flexibility index (Phi) is 4.29. The molecule has 1 heterocycles. The maximum Gasteiger partial charge on any atom is 0.345 e. The Balaban J connectivity index is 2.45. The Labute approximate surface area is 96.2 Å². The Bertz CT molecular complexity index is 436. The molecule has 3 N–H and O–H groups in total. The molecule has 2 amide bonds. The lowest BCUT2D eigenvalue weighted by Crippen LogP contribution is -2.31. The molecular formula is C8H11N5O4. The van der Waals surface area contributed by atoms with E-state index in [9.17, 15) is 9.59 Å². The van der Waals surface area contributed by atoms with Crippen molar-refractivity contribution >= 4 is 17.9 Å². The van der Waals surface area contributed by atoms with E-state index in [2.05, 4.69) is 25.3 Å². The molecule has 17 heavy (non-hydrogen) atoms. The van der Waals surface area contributed by atoms with Gasteiger partial charge in [0.15, 0.2) is 6.61 Å². The van der Waals surface area contributed by atoms with Crippen molar-refractivity contribution in [3.05, 3.63) is 11.4 Å². The summed E-state index contributed by atoms with van der Waals surface area (Å²) in [6, 6.07) is -0.781. The highest BCUT2D eigenvalue weighted by Crippen LogP contribution is 2.01. The molecule has 0 saturated carbocycles. The molecule has 0 spiro atoms. The third-order valence-electron chi connectivity index (χ3n) is 1.68. The third kappa shape index (κ3) is 4.38. The molecule has 0 aliphatic carbocycles. The van der Waals surface area contributed by atoms with Crippen LogP contribution < -0.4 is 10.8 Å². The van der Waals surface area contributed by atoms with E-state index in [-0.39, 0.29) is 5.95 Å². The van der Waals surface area contributed by atoms with Gasteiger partial charge in [0.05, 0.1) is 11.4 Å². The second-order valence-electron chi connectivity index (χ2n) is 3.04. The molecule has 0 fully saturated rings. The van der Waals surface area contributed by atoms with Crippen molar-refractivity contribution < 1.29 is 19.5 Å². The summed E-state index contributed by atoms with van der Waals surface area (Å²) in [6.45, 7) is 2.81. The average Bonchev–Trinajstić information content (AvgIpc) is 2.23. The van der Waals surface area contributed by atoms with Crippen LogP contribution in [0.25, 0.3) is 0 Å². The van der Waals surface area contributed by atoms with Crippen LogP contribution in [0.1, 0.15) is 11.4 Å². The second kappa shape index (κ2) is 5.70. The molecule has 92 valence electrons. The molecule has 0 unspecified atom stereocenters. The van der Waals surface area contributed by atoms with Gasteiger partial charge < -0.3 is 5.11 Å². The highest BCUT2D eigenvalue weighted by molar-refractivity contribution is 5.86. The first kappa shape index (κ1) is 12.8. The Morgan fingerprint density at radius 2 is 2.00 bits per heavy atom. The third-order valence-corrected chi connectivity index (χ3v) is 1.68. The Morgan fingerprint density at radius 3 is 2.59 bits per heavy atom. The zero-order valence-electron chi connectivity index (χ0n) is 9.22. The zero-order chi connectivity index (χ0) is 12.8. The van der Waals surface area contributed by atoms with E-state index >= 15 is 0 Å². The van der Waals surface area contributed by atoms with Crippen LogP contribution in [0, 0.1) is 13.8 Å². The SMILES string of the molecule is Cc1nnc(NC(=O)NOCC(=O)O)nc1C. The van der Waals surface area contributed by atoms with Crippen LogP contribution in [-0.2, 0) is 9.63 Å². The van der Waals surface area contributed by atoms with E-state index in [1.54, 1.807) is 13.8 Å². The summed E-state index contributed by atoms with van der Waals surface area (Å²) < 4.78 is 0. The molecule has 0 aliphatic heterocycles. The van der Waals surface area contributed by atoms with Crippen molar-refractivity contribution in [1.29, 1.82) is 0 Å². The number of anilines is 1. The van der Waals surface area contributed by atoms with Crippen LogP contribution in [0.2, 0.25) is 0 Å². The highest BCUT2D eigenvalue weighted by atomic mass is 16.7. The highest BCUT2D eigenvalue weighted by Gasteiger charge is 2.07. The second-order valence-corrected chi connectivity index (χ2v) is 3.04. The minimum Gasteiger partial charge on any atom is -0.479 e. The number of hydrogen-bond donors (Lipinski definition) is 3. The van der Waals surface area contributed by atoms with Crippen LogP contribution in [0.3, 0.4) is 0 Å². The fourth-order valence-corrected chi connectivity index (χ4v) is 0.800. The van der Waals surface area contributed by atoms with E-state index in [0.29, 0.717) is 11.4 Å². The summed E-state index contributed by atoms with van der Waals surface area (Å²) in [5, 5.41) is 17.9. The smallest absolute Gasteiger partial charge is 0.345 e. The standard InChI is InChI=1S/C8H11N5O4/c1-4-5(2)11-12-7(9-4)10-8(16)13-17-3-6(14)15/h3H2,1-2H3,(H,14,15)(H2,9,10,12,13,16). The van der Waals surface area contributed by atoms with E-state index in [4.69, 9.17) is 5.11 Å². The predicted molar refractivity (Wildman–Crippen MR) is 55.0 cm³/mol. The molecule has 0 radical (unpaired) electrons. The molecule has 0 saturated heterocycles. The number of carboxylic acid groups (broad SMARTS) is 1. The number of rotatable bonds is 4. The van der Waals surface area contributed by atoms with Crippen molar-refractivity contribution in [3.8, 4) is 0 Å². The summed E-state index contributed by atoms with van der Waals surface area (Å²) in [5.74, 6) is -1.20. The fraction of sp³-hybridized carbons (Fsp3) is 0.375. The fourth-order valence-electron chi connectivity index (χ4n) is 0.800. The maximum absolute atomic E-state index is 11.1. The molecule has 0 bridgehead atoms. The van der Waals surface area contributed by atoms with E-state index in [0.717, 1.165) is 0 Å². The van der Waals surface area contributed by atoms with Crippen LogP contribution >= 0.6 is 0 Å². The van der Waals surface area contributed by atoms with Gasteiger partial charge in [0.25, 0.3) is 5.95 Å². The topological polar surface area (TPSA) is 126 Å². The average molecular weight is 241 g/mol. The van der Waals surface area contributed by atoms with Crippen LogP contribution in [0.5, 0.6) is 0 Å². The largest absolute Gasteiger partial charge is 0.479 e. The summed E-state index contributed by atoms with van der Waals surface area (Å²) in [7, 11) is 0. The molecule has 9 heteroatoms. The van der Waals surface area contributed by atoms with Crippen LogP contribution in [0.15, 0.2) is 0 Å². The number of carbonyl (C=O) groups excluding carboxylic acids is 1. The van der Waals surface area contributed by atoms with Gasteiger partial charge in [-0.05, 0) is 13.8 Å². The first-order valence-electron chi connectivity index (χ1n) is 4.57. The number of hydrogen-bond acceptors (Lipinski definition) is 6. The summed E-state index contributed by atoms with van der Waals surface area (Å²) >= 11 is 0. The van der Waals surface area contributed by atoms with Gasteiger partial charge in [-0.3, -0.25) is 10.2 Å². The number of urea groups is 1. The quantitative estimate of drug-likeness (QED) is 0.613. The molecule has 0 atom stereocenters. The van der Waals surface area contributed by atoms with Gasteiger partial charge in [-0.15, -0.1) is 5.10 Å². The first-order chi connectivity index (χ1) is 7.99. The lowest BCUT2D eigenvalue weighted by atomic mass is 10.4. The van der Waals surface area contributed by atoms with Gasteiger partial charge >= 0.3 is 12.0 Å². The number of carbonyl (C=O) groups is 2. The monoisotopic (exact) mass is 241 g/mol. The van der Waals surface area contributed by atoms with Crippen molar-refractivity contribution in [2.75, 3.05) is 11.9 Å². The number of amides is 2. The number of nitrogens with one attached hydrogen (secondary N) is 2. The molecule has 1 rings (SSSR count). The van der Waals surface area contributed by atoms with E-state index < -0.39 is 18.6 Å². The van der Waals surface area contributed by atoms with Crippen LogP contribution in [0.4, 0.5) is 10.7 Å². The van der Waals surface area contributed by atoms with Crippen molar-refractivity contribution in [2.24, 2.45) is 0 Å². The lowest BCUT2D eigenvalue weighted by molar-refractivity contribution is -0.143. The molecule has 1 aromatic heterocycles.